The lowest BCUT2D eigenvalue weighted by Gasteiger charge is -2.10. The number of thioether (sulfide) groups is 1. The molecule has 0 radical (unpaired) electrons. The van der Waals surface area contributed by atoms with Gasteiger partial charge in [-0.1, -0.05) is 35.5 Å². The summed E-state index contributed by atoms with van der Waals surface area (Å²) in [5.41, 5.74) is 1.99. The largest absolute Gasteiger partial charge is 0.212 e. The highest BCUT2D eigenvalue weighted by Crippen LogP contribution is 2.27. The smallest absolute Gasteiger partial charge is 0.187 e. The van der Waals surface area contributed by atoms with Crippen LogP contribution in [0.2, 0.25) is 5.02 Å². The first-order chi connectivity index (χ1) is 8.24. The Hall–Kier alpha value is -1.33. The molecule has 6 heteroatoms. The van der Waals surface area contributed by atoms with E-state index in [0.29, 0.717) is 5.02 Å². The van der Waals surface area contributed by atoms with Gasteiger partial charge in [0.15, 0.2) is 5.82 Å². The first kappa shape index (κ1) is 10.8. The van der Waals surface area contributed by atoms with Gasteiger partial charge in [0.2, 0.25) is 5.16 Å². The summed E-state index contributed by atoms with van der Waals surface area (Å²) in [4.78, 5) is 0. The Kier molecular flexibility index (Phi) is 2.64. The lowest BCUT2D eigenvalue weighted by atomic mass is 10.2. The third kappa shape index (κ3) is 1.96. The molecular weight excluding hydrogens is 256 g/mol. The number of benzene rings is 1. The molecular formula is C11H9ClN4S. The Morgan fingerprint density at radius 3 is 3.06 bits per heavy atom. The zero-order valence-corrected chi connectivity index (χ0v) is 10.7. The highest BCUT2D eigenvalue weighted by molar-refractivity contribution is 7.99. The Morgan fingerprint density at radius 2 is 2.24 bits per heavy atom. The first-order valence-corrected chi connectivity index (χ1v) is 6.49. The molecule has 17 heavy (non-hydrogen) atoms. The van der Waals surface area contributed by atoms with Gasteiger partial charge in [0.05, 0.1) is 0 Å². The average molecular weight is 265 g/mol. The lowest BCUT2D eigenvalue weighted by molar-refractivity contribution is 0.761. The van der Waals surface area contributed by atoms with Crippen molar-refractivity contribution < 1.29 is 0 Å². The summed E-state index contributed by atoms with van der Waals surface area (Å²) in [6.07, 6.45) is 0. The Labute approximate surface area is 108 Å². The van der Waals surface area contributed by atoms with Crippen molar-refractivity contribution in [2.75, 3.05) is 5.75 Å². The summed E-state index contributed by atoms with van der Waals surface area (Å²) in [6.45, 7) is 2.00. The van der Waals surface area contributed by atoms with Crippen molar-refractivity contribution in [1.29, 1.82) is 0 Å². The summed E-state index contributed by atoms with van der Waals surface area (Å²) < 4.78 is 1.77. The fraction of sp³-hybridized carbons (Fsp3) is 0.182. The summed E-state index contributed by atoms with van der Waals surface area (Å²) >= 11 is 7.62. The zero-order chi connectivity index (χ0) is 11.8. The standard InChI is InChI=1S/C11H9ClN4S/c1-7-6-17-11-14-13-10(16(11)15-7)8-3-2-4-9(12)5-8/h2-5H,6H2,1H3. The Morgan fingerprint density at radius 1 is 1.35 bits per heavy atom. The van der Waals surface area contributed by atoms with Gasteiger partial charge in [-0.2, -0.15) is 9.78 Å². The van der Waals surface area contributed by atoms with Crippen LogP contribution in [0.15, 0.2) is 34.5 Å². The average Bonchev–Trinajstić information content (AvgIpc) is 2.71. The predicted molar refractivity (Wildman–Crippen MR) is 69.7 cm³/mol. The molecule has 0 saturated carbocycles. The van der Waals surface area contributed by atoms with Crippen LogP contribution in [-0.4, -0.2) is 26.3 Å². The minimum atomic E-state index is 0.684. The molecule has 0 aliphatic carbocycles. The number of aromatic nitrogens is 3. The molecule has 86 valence electrons. The molecule has 2 aromatic rings. The third-order valence-electron chi connectivity index (χ3n) is 2.38. The van der Waals surface area contributed by atoms with Crippen LogP contribution in [-0.2, 0) is 0 Å². The van der Waals surface area contributed by atoms with E-state index in [9.17, 15) is 0 Å². The highest BCUT2D eigenvalue weighted by Gasteiger charge is 2.18. The van der Waals surface area contributed by atoms with Crippen molar-refractivity contribution in [2.24, 2.45) is 5.10 Å². The summed E-state index contributed by atoms with van der Waals surface area (Å²) in [5, 5.41) is 14.3. The maximum absolute atomic E-state index is 5.98. The van der Waals surface area contributed by atoms with Crippen molar-refractivity contribution in [3.8, 4) is 11.4 Å². The van der Waals surface area contributed by atoms with Gasteiger partial charge >= 0.3 is 0 Å². The lowest BCUT2D eigenvalue weighted by Crippen LogP contribution is -2.08. The molecule has 0 N–H and O–H groups in total. The van der Waals surface area contributed by atoms with Crippen molar-refractivity contribution in [3.05, 3.63) is 29.3 Å². The second-order valence-electron chi connectivity index (χ2n) is 3.75. The molecule has 4 nitrogen and oxygen atoms in total. The fourth-order valence-corrected chi connectivity index (χ4v) is 2.56. The van der Waals surface area contributed by atoms with Gasteiger partial charge in [0, 0.05) is 22.1 Å². The van der Waals surface area contributed by atoms with E-state index in [1.165, 1.54) is 0 Å². The third-order valence-corrected chi connectivity index (χ3v) is 3.69. The van der Waals surface area contributed by atoms with E-state index >= 15 is 0 Å². The topological polar surface area (TPSA) is 43.1 Å². The highest BCUT2D eigenvalue weighted by atomic mass is 35.5. The van der Waals surface area contributed by atoms with Crippen molar-refractivity contribution in [1.82, 2.24) is 14.9 Å². The number of rotatable bonds is 1. The van der Waals surface area contributed by atoms with Crippen LogP contribution >= 0.6 is 23.4 Å². The van der Waals surface area contributed by atoms with E-state index < -0.39 is 0 Å². The number of fused-ring (bicyclic) bond motifs is 1. The monoisotopic (exact) mass is 264 g/mol. The summed E-state index contributed by atoms with van der Waals surface area (Å²) in [7, 11) is 0. The van der Waals surface area contributed by atoms with E-state index in [1.807, 2.05) is 31.2 Å². The number of hydrogen-bond acceptors (Lipinski definition) is 4. The van der Waals surface area contributed by atoms with Gasteiger partial charge in [0.25, 0.3) is 0 Å². The molecule has 0 fully saturated rings. The van der Waals surface area contributed by atoms with Gasteiger partial charge in [-0.15, -0.1) is 10.2 Å². The zero-order valence-electron chi connectivity index (χ0n) is 9.09. The first-order valence-electron chi connectivity index (χ1n) is 5.12. The normalized spacial score (nSPS) is 14.4. The van der Waals surface area contributed by atoms with Crippen LogP contribution in [0.5, 0.6) is 0 Å². The minimum Gasteiger partial charge on any atom is -0.187 e. The van der Waals surface area contributed by atoms with Crippen molar-refractivity contribution in [2.45, 2.75) is 12.1 Å². The quantitative estimate of drug-likeness (QED) is 0.795. The summed E-state index contributed by atoms with van der Waals surface area (Å²) in [5.74, 6) is 1.60. The molecule has 1 aliphatic rings. The van der Waals surface area contributed by atoms with Gasteiger partial charge < -0.3 is 0 Å². The van der Waals surface area contributed by atoms with Gasteiger partial charge in [0.1, 0.15) is 0 Å². The number of halogens is 1. The van der Waals surface area contributed by atoms with Gasteiger partial charge in [-0.3, -0.25) is 0 Å². The molecule has 1 aromatic heterocycles. The second kappa shape index (κ2) is 4.16. The second-order valence-corrected chi connectivity index (χ2v) is 5.13. The molecule has 0 unspecified atom stereocenters. The van der Waals surface area contributed by atoms with Crippen LogP contribution in [0.3, 0.4) is 0 Å². The van der Waals surface area contributed by atoms with E-state index in [1.54, 1.807) is 16.4 Å². The van der Waals surface area contributed by atoms with E-state index in [-0.39, 0.29) is 0 Å². The predicted octanol–water partition coefficient (Wildman–Crippen LogP) is 2.93. The molecule has 2 heterocycles. The number of nitrogens with zero attached hydrogens (tertiary/aromatic N) is 4. The molecule has 0 amide bonds. The molecule has 0 saturated heterocycles. The minimum absolute atomic E-state index is 0.684. The Balaban J connectivity index is 2.15. The SMILES string of the molecule is CC1=Nn2c(nnc2-c2cccc(Cl)c2)SC1. The van der Waals surface area contributed by atoms with Crippen LogP contribution in [0.4, 0.5) is 0 Å². The van der Waals surface area contributed by atoms with E-state index in [0.717, 1.165) is 28.0 Å². The molecule has 0 spiro atoms. The molecule has 1 aliphatic heterocycles. The maximum Gasteiger partial charge on any atom is 0.212 e. The fourth-order valence-electron chi connectivity index (χ4n) is 1.62. The van der Waals surface area contributed by atoms with Gasteiger partial charge in [-0.25, -0.2) is 0 Å². The molecule has 0 atom stereocenters. The van der Waals surface area contributed by atoms with Crippen LogP contribution in [0, 0.1) is 0 Å². The molecule has 0 bridgehead atoms. The van der Waals surface area contributed by atoms with Crippen LogP contribution in [0.25, 0.3) is 11.4 Å². The molecule has 1 aromatic carbocycles. The summed E-state index contributed by atoms with van der Waals surface area (Å²) in [6, 6.07) is 7.55. The van der Waals surface area contributed by atoms with E-state index in [2.05, 4.69) is 15.3 Å². The van der Waals surface area contributed by atoms with Crippen molar-refractivity contribution in [3.63, 3.8) is 0 Å². The number of hydrogen-bond donors (Lipinski definition) is 0. The molecule has 3 rings (SSSR count). The van der Waals surface area contributed by atoms with E-state index in [4.69, 9.17) is 11.6 Å². The van der Waals surface area contributed by atoms with Crippen molar-refractivity contribution >= 4 is 29.1 Å². The maximum atomic E-state index is 5.98. The van der Waals surface area contributed by atoms with Gasteiger partial charge in [-0.05, 0) is 19.1 Å². The Bertz CT molecular complexity index is 605. The van der Waals surface area contributed by atoms with Crippen LogP contribution < -0.4 is 0 Å². The van der Waals surface area contributed by atoms with Crippen LogP contribution in [0.1, 0.15) is 6.92 Å².